The molecule has 1 aliphatic rings. The molecule has 22 heavy (non-hydrogen) atoms. The van der Waals surface area contributed by atoms with Gasteiger partial charge in [0.1, 0.15) is 17.7 Å². The van der Waals surface area contributed by atoms with Crippen LogP contribution in [0.4, 0.5) is 13.2 Å². The number of halogens is 3. The summed E-state index contributed by atoms with van der Waals surface area (Å²) in [5.74, 6) is -0.936. The smallest absolute Gasteiger partial charge is 0.220 e. The van der Waals surface area contributed by atoms with Crippen LogP contribution in [0.1, 0.15) is 17.7 Å². The third-order valence-corrected chi connectivity index (χ3v) is 3.33. The zero-order chi connectivity index (χ0) is 15.7. The summed E-state index contributed by atoms with van der Waals surface area (Å²) in [7, 11) is 1.89. The fourth-order valence-electron chi connectivity index (χ4n) is 2.21. The predicted molar refractivity (Wildman–Crippen MR) is 73.8 cm³/mol. The molecule has 5 nitrogen and oxygen atoms in total. The van der Waals surface area contributed by atoms with Gasteiger partial charge in [0.25, 0.3) is 6.43 Å². The minimum Gasteiger partial charge on any atom is -0.220 e. The van der Waals surface area contributed by atoms with E-state index in [-0.39, 0.29) is 0 Å². The summed E-state index contributed by atoms with van der Waals surface area (Å²) in [6.45, 7) is 0.482. The molecule has 1 unspecified atom stereocenters. The fraction of sp³-hybridized carbons (Fsp3) is 0.214. The SMILES string of the molecule is C[N+]1(Cc2cn(-c3ccc(F)c(C(F)F)c3)nn2)C=CC=N1. The van der Waals surface area contributed by atoms with Crippen LogP contribution in [0.5, 0.6) is 0 Å². The Bertz CT molecular complexity index is 739. The maximum atomic E-state index is 13.3. The second-order valence-corrected chi connectivity index (χ2v) is 5.14. The average Bonchev–Trinajstić information content (AvgIpc) is 3.09. The summed E-state index contributed by atoms with van der Waals surface area (Å²) < 4.78 is 40.4. The molecule has 3 rings (SSSR count). The van der Waals surface area contributed by atoms with Gasteiger partial charge >= 0.3 is 0 Å². The summed E-state index contributed by atoms with van der Waals surface area (Å²) in [6.07, 6.45) is 4.16. The van der Waals surface area contributed by atoms with E-state index in [1.54, 1.807) is 12.4 Å². The van der Waals surface area contributed by atoms with Crippen molar-refractivity contribution in [2.75, 3.05) is 7.05 Å². The van der Waals surface area contributed by atoms with Crippen LogP contribution in [-0.2, 0) is 6.54 Å². The lowest BCUT2D eigenvalue weighted by Gasteiger charge is -2.18. The minimum atomic E-state index is -2.88. The third kappa shape index (κ3) is 2.77. The normalized spacial score (nSPS) is 20.2. The Labute approximate surface area is 124 Å². The van der Waals surface area contributed by atoms with Crippen molar-refractivity contribution < 1.29 is 17.8 Å². The van der Waals surface area contributed by atoms with Crippen molar-refractivity contribution in [3.63, 3.8) is 0 Å². The number of nitrogens with zero attached hydrogens (tertiary/aromatic N) is 5. The number of benzene rings is 1. The zero-order valence-corrected chi connectivity index (χ0v) is 11.7. The van der Waals surface area contributed by atoms with E-state index in [4.69, 9.17) is 0 Å². The molecular weight excluding hydrogens is 295 g/mol. The first kappa shape index (κ1) is 14.5. The molecule has 1 aromatic carbocycles. The van der Waals surface area contributed by atoms with Crippen molar-refractivity contribution in [1.82, 2.24) is 15.0 Å². The van der Waals surface area contributed by atoms with E-state index < -0.39 is 17.8 Å². The Balaban J connectivity index is 1.86. The molecule has 1 aromatic heterocycles. The Hall–Kier alpha value is -2.48. The summed E-state index contributed by atoms with van der Waals surface area (Å²) in [4.78, 5) is 0. The second kappa shape index (κ2) is 5.38. The first-order chi connectivity index (χ1) is 10.5. The van der Waals surface area contributed by atoms with Crippen LogP contribution in [0.25, 0.3) is 5.69 Å². The maximum absolute atomic E-state index is 13.3. The van der Waals surface area contributed by atoms with Crippen LogP contribution in [0.15, 0.2) is 41.8 Å². The van der Waals surface area contributed by atoms with E-state index in [2.05, 4.69) is 15.4 Å². The summed E-state index contributed by atoms with van der Waals surface area (Å²) in [5.41, 5.74) is 0.327. The Morgan fingerprint density at radius 3 is 2.82 bits per heavy atom. The van der Waals surface area contributed by atoms with E-state index in [1.807, 2.05) is 19.3 Å². The highest BCUT2D eigenvalue weighted by atomic mass is 19.3. The predicted octanol–water partition coefficient (Wildman–Crippen LogP) is 2.80. The molecular formula is C14H13F3N5+. The quantitative estimate of drug-likeness (QED) is 0.815. The summed E-state index contributed by atoms with van der Waals surface area (Å²) in [6, 6.07) is 3.45. The molecule has 0 fully saturated rings. The van der Waals surface area contributed by atoms with E-state index in [0.29, 0.717) is 22.5 Å². The molecule has 0 N–H and O–H groups in total. The monoisotopic (exact) mass is 308 g/mol. The van der Waals surface area contributed by atoms with Crippen LogP contribution < -0.4 is 0 Å². The molecule has 0 spiro atoms. The number of rotatable bonds is 4. The Morgan fingerprint density at radius 1 is 1.32 bits per heavy atom. The molecule has 0 saturated heterocycles. The van der Waals surface area contributed by atoms with E-state index in [9.17, 15) is 13.2 Å². The number of quaternary nitrogens is 1. The lowest BCUT2D eigenvalue weighted by molar-refractivity contribution is -0.877. The van der Waals surface area contributed by atoms with Gasteiger partial charge in [-0.25, -0.2) is 17.9 Å². The lowest BCUT2D eigenvalue weighted by Crippen LogP contribution is -2.29. The number of aromatic nitrogens is 3. The van der Waals surface area contributed by atoms with Gasteiger partial charge in [0, 0.05) is 6.08 Å². The van der Waals surface area contributed by atoms with Gasteiger partial charge in [0.05, 0.1) is 30.7 Å². The zero-order valence-electron chi connectivity index (χ0n) is 11.7. The Morgan fingerprint density at radius 2 is 2.14 bits per heavy atom. The fourth-order valence-corrected chi connectivity index (χ4v) is 2.21. The molecule has 0 radical (unpaired) electrons. The van der Waals surface area contributed by atoms with E-state index >= 15 is 0 Å². The van der Waals surface area contributed by atoms with Gasteiger partial charge < -0.3 is 0 Å². The molecule has 0 amide bonds. The van der Waals surface area contributed by atoms with Gasteiger partial charge in [-0.15, -0.1) is 5.10 Å². The van der Waals surface area contributed by atoms with Gasteiger partial charge in [-0.1, -0.05) is 10.3 Å². The molecule has 2 aromatic rings. The maximum Gasteiger partial charge on any atom is 0.266 e. The minimum absolute atomic E-state index is 0.310. The first-order valence-corrected chi connectivity index (χ1v) is 6.55. The van der Waals surface area contributed by atoms with Crippen LogP contribution in [0, 0.1) is 5.82 Å². The molecule has 0 saturated carbocycles. The topological polar surface area (TPSA) is 43.1 Å². The van der Waals surface area contributed by atoms with Crippen molar-refractivity contribution in [3.8, 4) is 5.69 Å². The van der Waals surface area contributed by atoms with E-state index in [1.165, 1.54) is 10.7 Å². The van der Waals surface area contributed by atoms with Crippen LogP contribution in [0.3, 0.4) is 0 Å². The van der Waals surface area contributed by atoms with Crippen molar-refractivity contribution in [2.24, 2.45) is 5.10 Å². The van der Waals surface area contributed by atoms with Gasteiger partial charge in [-0.05, 0) is 18.2 Å². The Kier molecular flexibility index (Phi) is 3.53. The summed E-state index contributed by atoms with van der Waals surface area (Å²) in [5, 5.41) is 12.2. The third-order valence-electron chi connectivity index (χ3n) is 3.33. The highest BCUT2D eigenvalue weighted by Crippen LogP contribution is 2.24. The molecule has 0 aliphatic carbocycles. The van der Waals surface area contributed by atoms with Crippen molar-refractivity contribution in [1.29, 1.82) is 0 Å². The molecule has 114 valence electrons. The molecule has 0 bridgehead atoms. The number of alkyl halides is 2. The average molecular weight is 308 g/mol. The number of hydrogen-bond acceptors (Lipinski definition) is 3. The van der Waals surface area contributed by atoms with Crippen molar-refractivity contribution >= 4 is 6.21 Å². The molecule has 1 aliphatic heterocycles. The van der Waals surface area contributed by atoms with Gasteiger partial charge in [-0.2, -0.15) is 4.59 Å². The largest absolute Gasteiger partial charge is 0.266 e. The van der Waals surface area contributed by atoms with E-state index in [0.717, 1.165) is 12.1 Å². The number of hydrogen-bond donors (Lipinski definition) is 0. The highest BCUT2D eigenvalue weighted by Gasteiger charge is 2.23. The van der Waals surface area contributed by atoms with Crippen molar-refractivity contribution in [3.05, 3.63) is 53.7 Å². The summed E-state index contributed by atoms with van der Waals surface area (Å²) >= 11 is 0. The standard InChI is InChI=1S/C14H13F3N5/c1-22(6-2-5-18-22)9-10-8-21(20-19-10)11-3-4-13(15)12(7-11)14(16)17/h2-8,14H,9H2,1H3/q+1. The van der Waals surface area contributed by atoms with Crippen molar-refractivity contribution in [2.45, 2.75) is 13.0 Å². The second-order valence-electron chi connectivity index (χ2n) is 5.14. The first-order valence-electron chi connectivity index (χ1n) is 6.55. The lowest BCUT2D eigenvalue weighted by atomic mass is 10.2. The van der Waals surface area contributed by atoms with Gasteiger partial charge in [0.15, 0.2) is 6.54 Å². The molecule has 1 atom stereocenters. The van der Waals surface area contributed by atoms with Crippen LogP contribution in [-0.4, -0.2) is 32.8 Å². The van der Waals surface area contributed by atoms with Crippen LogP contribution >= 0.6 is 0 Å². The number of allylic oxidation sites excluding steroid dienone is 1. The van der Waals surface area contributed by atoms with Crippen LogP contribution in [0.2, 0.25) is 0 Å². The molecule has 8 heteroatoms. The molecule has 2 heterocycles. The van der Waals surface area contributed by atoms with Gasteiger partial charge in [-0.3, -0.25) is 0 Å². The highest BCUT2D eigenvalue weighted by molar-refractivity contribution is 5.71. The van der Waals surface area contributed by atoms with Gasteiger partial charge in [0.2, 0.25) is 0 Å².